The van der Waals surface area contributed by atoms with E-state index in [9.17, 15) is 4.79 Å². The van der Waals surface area contributed by atoms with Crippen molar-refractivity contribution in [1.29, 1.82) is 0 Å². The van der Waals surface area contributed by atoms with Crippen LogP contribution in [0.1, 0.15) is 48.4 Å². The predicted octanol–water partition coefficient (Wildman–Crippen LogP) is 5.14. The second-order valence-corrected chi connectivity index (χ2v) is 6.71. The third kappa shape index (κ3) is 4.69. The summed E-state index contributed by atoms with van der Waals surface area (Å²) in [6, 6.07) is 10.9. The molecular weight excluding hydrogens is 358 g/mol. The average molecular weight is 378 g/mol. The first-order valence-corrected chi connectivity index (χ1v) is 8.77. The monoisotopic (exact) mass is 377 g/mol. The third-order valence-electron chi connectivity index (χ3n) is 4.00. The molecular formula is C18H20BrNO3. The van der Waals surface area contributed by atoms with Gasteiger partial charge in [-0.2, -0.15) is 0 Å². The Morgan fingerprint density at radius 1 is 1.13 bits per heavy atom. The second kappa shape index (κ2) is 7.79. The molecule has 0 bridgehead atoms. The number of amides is 1. The van der Waals surface area contributed by atoms with Crippen molar-refractivity contribution in [3.8, 4) is 0 Å². The van der Waals surface area contributed by atoms with Crippen molar-refractivity contribution in [2.45, 2.75) is 44.8 Å². The van der Waals surface area contributed by atoms with Gasteiger partial charge in [0.2, 0.25) is 0 Å². The van der Waals surface area contributed by atoms with Crippen molar-refractivity contribution >= 4 is 27.5 Å². The number of hydrogen-bond donors (Lipinski definition) is 1. The van der Waals surface area contributed by atoms with E-state index in [1.54, 1.807) is 12.1 Å². The third-order valence-corrected chi connectivity index (χ3v) is 4.53. The minimum absolute atomic E-state index is 0.253. The zero-order chi connectivity index (χ0) is 16.1. The van der Waals surface area contributed by atoms with Gasteiger partial charge in [-0.1, -0.05) is 35.2 Å². The number of benzene rings is 1. The van der Waals surface area contributed by atoms with E-state index in [0.29, 0.717) is 24.2 Å². The maximum absolute atomic E-state index is 12.2. The van der Waals surface area contributed by atoms with Crippen LogP contribution in [0.25, 0.3) is 0 Å². The summed E-state index contributed by atoms with van der Waals surface area (Å²) in [6.45, 7) is 0.427. The van der Waals surface area contributed by atoms with E-state index >= 15 is 0 Å². The molecule has 1 fully saturated rings. The Morgan fingerprint density at radius 2 is 1.87 bits per heavy atom. The molecule has 0 spiro atoms. The highest BCUT2D eigenvalue weighted by atomic mass is 79.9. The Bertz CT molecular complexity index is 645. The summed E-state index contributed by atoms with van der Waals surface area (Å²) < 4.78 is 12.4. The first-order valence-electron chi connectivity index (χ1n) is 7.98. The zero-order valence-electron chi connectivity index (χ0n) is 12.9. The van der Waals surface area contributed by atoms with Gasteiger partial charge in [0.15, 0.2) is 5.76 Å². The fraction of sp³-hybridized carbons (Fsp3) is 0.389. The van der Waals surface area contributed by atoms with Gasteiger partial charge in [-0.25, -0.2) is 0 Å². The van der Waals surface area contributed by atoms with Gasteiger partial charge >= 0.3 is 0 Å². The lowest BCUT2D eigenvalue weighted by Crippen LogP contribution is -2.16. The second-order valence-electron chi connectivity index (χ2n) is 5.80. The number of hydrogen-bond acceptors (Lipinski definition) is 3. The summed E-state index contributed by atoms with van der Waals surface area (Å²) in [7, 11) is 0. The molecule has 1 heterocycles. The highest BCUT2D eigenvalue weighted by Crippen LogP contribution is 2.22. The topological polar surface area (TPSA) is 51.5 Å². The number of nitrogens with one attached hydrogen (secondary N) is 1. The van der Waals surface area contributed by atoms with E-state index < -0.39 is 0 Å². The van der Waals surface area contributed by atoms with Crippen LogP contribution < -0.4 is 5.32 Å². The SMILES string of the molecule is O=C(Nc1ccc(Br)cc1)c1ccc(COC2CCCCC2)o1. The highest BCUT2D eigenvalue weighted by Gasteiger charge is 2.16. The molecule has 4 nitrogen and oxygen atoms in total. The van der Waals surface area contributed by atoms with Gasteiger partial charge in [0.05, 0.1) is 6.10 Å². The van der Waals surface area contributed by atoms with E-state index in [-0.39, 0.29) is 5.91 Å². The molecule has 1 aromatic carbocycles. The van der Waals surface area contributed by atoms with E-state index in [4.69, 9.17) is 9.15 Å². The Kier molecular flexibility index (Phi) is 5.51. The summed E-state index contributed by atoms with van der Waals surface area (Å²) in [5, 5.41) is 2.81. The molecule has 1 aromatic heterocycles. The van der Waals surface area contributed by atoms with Crippen molar-refractivity contribution in [2.24, 2.45) is 0 Å². The molecule has 1 aliphatic rings. The Balaban J connectivity index is 1.53. The number of rotatable bonds is 5. The van der Waals surface area contributed by atoms with Crippen molar-refractivity contribution < 1.29 is 13.9 Å². The molecule has 0 atom stereocenters. The molecule has 0 radical (unpaired) electrons. The standard InChI is InChI=1S/C18H20BrNO3/c19-13-6-8-14(9-7-13)20-18(21)17-11-10-16(23-17)12-22-15-4-2-1-3-5-15/h6-11,15H,1-5,12H2,(H,20,21). The van der Waals surface area contributed by atoms with E-state index in [1.165, 1.54) is 19.3 Å². The summed E-state index contributed by atoms with van der Waals surface area (Å²) in [5.41, 5.74) is 0.731. The van der Waals surface area contributed by atoms with Gasteiger partial charge in [-0.05, 0) is 49.2 Å². The largest absolute Gasteiger partial charge is 0.453 e. The van der Waals surface area contributed by atoms with Crippen LogP contribution in [0.4, 0.5) is 5.69 Å². The Hall–Kier alpha value is -1.59. The van der Waals surface area contributed by atoms with Crippen LogP contribution in [0, 0.1) is 0 Å². The zero-order valence-corrected chi connectivity index (χ0v) is 14.5. The summed E-state index contributed by atoms with van der Waals surface area (Å²) in [6.07, 6.45) is 6.36. The minimum atomic E-state index is -0.253. The van der Waals surface area contributed by atoms with E-state index in [1.807, 2.05) is 24.3 Å². The van der Waals surface area contributed by atoms with Crippen molar-refractivity contribution in [3.05, 3.63) is 52.4 Å². The maximum atomic E-state index is 12.2. The van der Waals surface area contributed by atoms with Crippen LogP contribution in [-0.4, -0.2) is 12.0 Å². The molecule has 1 saturated carbocycles. The van der Waals surface area contributed by atoms with Crippen LogP contribution in [0.3, 0.4) is 0 Å². The van der Waals surface area contributed by atoms with Gasteiger partial charge in [0.1, 0.15) is 12.4 Å². The van der Waals surface area contributed by atoms with Crippen LogP contribution in [0.15, 0.2) is 45.3 Å². The number of anilines is 1. The lowest BCUT2D eigenvalue weighted by atomic mass is 9.98. The molecule has 0 saturated heterocycles. The number of carbonyl (C=O) groups excluding carboxylic acids is 1. The quantitative estimate of drug-likeness (QED) is 0.784. The van der Waals surface area contributed by atoms with Gasteiger partial charge < -0.3 is 14.5 Å². The van der Waals surface area contributed by atoms with Crippen LogP contribution in [0.5, 0.6) is 0 Å². The van der Waals surface area contributed by atoms with E-state index in [0.717, 1.165) is 23.0 Å². The lowest BCUT2D eigenvalue weighted by Gasteiger charge is -2.21. The maximum Gasteiger partial charge on any atom is 0.291 e. The lowest BCUT2D eigenvalue weighted by molar-refractivity contribution is 0.00849. The molecule has 1 N–H and O–H groups in total. The number of ether oxygens (including phenoxy) is 1. The first-order chi connectivity index (χ1) is 11.2. The number of carbonyl (C=O) groups is 1. The van der Waals surface area contributed by atoms with Crippen LogP contribution in [-0.2, 0) is 11.3 Å². The minimum Gasteiger partial charge on any atom is -0.453 e. The number of halogens is 1. The first kappa shape index (κ1) is 16.3. The smallest absolute Gasteiger partial charge is 0.291 e. The predicted molar refractivity (Wildman–Crippen MR) is 92.5 cm³/mol. The number of furan rings is 1. The normalized spacial score (nSPS) is 15.5. The Morgan fingerprint density at radius 3 is 2.61 bits per heavy atom. The molecule has 23 heavy (non-hydrogen) atoms. The van der Waals surface area contributed by atoms with Crippen LogP contribution in [0.2, 0.25) is 0 Å². The van der Waals surface area contributed by atoms with Gasteiger partial charge in [0.25, 0.3) is 5.91 Å². The molecule has 2 aromatic rings. The van der Waals surface area contributed by atoms with E-state index in [2.05, 4.69) is 21.2 Å². The van der Waals surface area contributed by atoms with Crippen molar-refractivity contribution in [3.63, 3.8) is 0 Å². The molecule has 5 heteroatoms. The van der Waals surface area contributed by atoms with Crippen molar-refractivity contribution in [2.75, 3.05) is 5.32 Å². The fourth-order valence-electron chi connectivity index (χ4n) is 2.74. The molecule has 0 unspecified atom stereocenters. The summed E-state index contributed by atoms with van der Waals surface area (Å²) in [4.78, 5) is 12.2. The highest BCUT2D eigenvalue weighted by molar-refractivity contribution is 9.10. The summed E-state index contributed by atoms with van der Waals surface area (Å²) in [5.74, 6) is 0.739. The van der Waals surface area contributed by atoms with Gasteiger partial charge in [-0.15, -0.1) is 0 Å². The molecule has 0 aliphatic heterocycles. The Labute approximate surface area is 144 Å². The molecule has 3 rings (SSSR count). The van der Waals surface area contributed by atoms with Crippen LogP contribution >= 0.6 is 15.9 Å². The fourth-order valence-corrected chi connectivity index (χ4v) is 3.00. The summed E-state index contributed by atoms with van der Waals surface area (Å²) >= 11 is 3.36. The van der Waals surface area contributed by atoms with Gasteiger partial charge in [-0.3, -0.25) is 4.79 Å². The molecule has 1 aliphatic carbocycles. The average Bonchev–Trinajstić information content (AvgIpc) is 3.05. The van der Waals surface area contributed by atoms with Crippen molar-refractivity contribution in [1.82, 2.24) is 0 Å². The molecule has 122 valence electrons. The molecule has 1 amide bonds. The van der Waals surface area contributed by atoms with Gasteiger partial charge in [0, 0.05) is 10.2 Å².